The van der Waals surface area contributed by atoms with Crippen molar-refractivity contribution < 1.29 is 19.4 Å². The molecule has 0 spiro atoms. The lowest BCUT2D eigenvalue weighted by Gasteiger charge is -2.37. The summed E-state index contributed by atoms with van der Waals surface area (Å²) in [6, 6.07) is 15.0. The Hall–Kier alpha value is -2.93. The summed E-state index contributed by atoms with van der Waals surface area (Å²) < 4.78 is 11.8. The second-order valence-corrected chi connectivity index (χ2v) is 7.68. The molecule has 4 rings (SSSR count). The average molecular weight is 412 g/mol. The maximum atomic E-state index is 12.9. The van der Waals surface area contributed by atoms with E-state index in [1.54, 1.807) is 6.07 Å². The Labute approximate surface area is 177 Å². The van der Waals surface area contributed by atoms with Crippen LogP contribution in [0, 0.1) is 0 Å². The van der Waals surface area contributed by atoms with Crippen molar-refractivity contribution >= 4 is 11.6 Å². The molecule has 0 radical (unpaired) electrons. The van der Waals surface area contributed by atoms with Crippen molar-refractivity contribution in [2.24, 2.45) is 0 Å². The van der Waals surface area contributed by atoms with Gasteiger partial charge in [0.2, 0.25) is 5.91 Å². The van der Waals surface area contributed by atoms with Gasteiger partial charge in [0.15, 0.2) is 17.6 Å². The van der Waals surface area contributed by atoms with E-state index in [-0.39, 0.29) is 12.0 Å². The van der Waals surface area contributed by atoms with E-state index < -0.39 is 0 Å². The third kappa shape index (κ3) is 4.62. The van der Waals surface area contributed by atoms with Crippen molar-refractivity contribution in [1.29, 1.82) is 0 Å². The number of likely N-dealkylation sites (N-methyl/N-ethyl adjacent to an activating group) is 1. The van der Waals surface area contributed by atoms with Gasteiger partial charge in [-0.3, -0.25) is 9.69 Å². The zero-order valence-corrected chi connectivity index (χ0v) is 17.4. The van der Waals surface area contributed by atoms with Crippen LogP contribution in [0.5, 0.6) is 17.2 Å². The quantitative estimate of drug-likeness (QED) is 0.786. The Morgan fingerprint density at radius 2 is 1.77 bits per heavy atom. The van der Waals surface area contributed by atoms with Crippen LogP contribution >= 0.6 is 0 Å². The summed E-state index contributed by atoms with van der Waals surface area (Å²) >= 11 is 0. The van der Waals surface area contributed by atoms with Crippen LogP contribution in [-0.2, 0) is 4.79 Å². The molecule has 2 heterocycles. The molecule has 1 fully saturated rings. The first-order valence-corrected chi connectivity index (χ1v) is 10.6. The lowest BCUT2D eigenvalue weighted by molar-refractivity contribution is -0.133. The maximum absolute atomic E-state index is 12.9. The first-order chi connectivity index (χ1) is 14.6. The third-order valence-electron chi connectivity index (χ3n) is 5.68. The van der Waals surface area contributed by atoms with E-state index in [4.69, 9.17) is 9.47 Å². The Kier molecular flexibility index (Phi) is 6.28. The summed E-state index contributed by atoms with van der Waals surface area (Å²) in [6.07, 6.45) is -0.165. The van der Waals surface area contributed by atoms with Gasteiger partial charge in [0.05, 0.1) is 18.8 Å². The minimum absolute atomic E-state index is 0.107. The van der Waals surface area contributed by atoms with Crippen LogP contribution in [0.2, 0.25) is 0 Å². The van der Waals surface area contributed by atoms with Crippen LogP contribution in [-0.4, -0.2) is 79.3 Å². The van der Waals surface area contributed by atoms with Crippen LogP contribution in [0.3, 0.4) is 0 Å². The smallest absolute Gasteiger partial charge is 0.236 e. The first-order valence-electron chi connectivity index (χ1n) is 10.6. The van der Waals surface area contributed by atoms with Crippen molar-refractivity contribution in [3.05, 3.63) is 48.5 Å². The third-order valence-corrected chi connectivity index (χ3v) is 5.68. The molecular weight excluding hydrogens is 382 g/mol. The number of phenols is 1. The predicted octanol–water partition coefficient (Wildman–Crippen LogP) is 2.20. The van der Waals surface area contributed by atoms with Gasteiger partial charge in [-0.25, -0.2) is 0 Å². The van der Waals surface area contributed by atoms with E-state index in [1.165, 1.54) is 0 Å². The second kappa shape index (κ2) is 9.26. The molecule has 0 aromatic heterocycles. The number of phenolic OH excluding ortho intramolecular Hbond substituents is 1. The largest absolute Gasteiger partial charge is 0.506 e. The number of carbonyl (C=O) groups is 1. The number of rotatable bonds is 6. The zero-order chi connectivity index (χ0) is 20.9. The van der Waals surface area contributed by atoms with Crippen molar-refractivity contribution in [2.45, 2.75) is 13.0 Å². The molecule has 7 nitrogen and oxygen atoms in total. The van der Waals surface area contributed by atoms with E-state index in [2.05, 4.69) is 9.80 Å². The number of piperazine rings is 1. The second-order valence-electron chi connectivity index (χ2n) is 7.68. The summed E-state index contributed by atoms with van der Waals surface area (Å²) in [5.74, 6) is 1.90. The molecule has 1 atom stereocenters. The highest BCUT2D eigenvalue weighted by atomic mass is 16.6. The number of fused-ring (bicyclic) bond motifs is 1. The standard InChI is InChI=1S/C23H29N3O4/c1-2-25(15-18-17-29-21-9-5-6-10-22(21)30-18)23(28)16-24-11-13-26(14-12-24)19-7-3-4-8-20(19)27/h3-10,18,27H,2,11-17H2,1H3/t18-/m1/s1. The fourth-order valence-electron chi connectivity index (χ4n) is 3.98. The summed E-state index contributed by atoms with van der Waals surface area (Å²) in [4.78, 5) is 19.1. The molecular formula is C23H29N3O4. The molecule has 2 aromatic rings. The SMILES string of the molecule is CCN(C[C@@H]1COc2ccccc2O1)C(=O)CN1CCN(c2ccccc2O)CC1. The monoisotopic (exact) mass is 411 g/mol. The molecule has 0 unspecified atom stereocenters. The molecule has 2 aliphatic heterocycles. The Morgan fingerprint density at radius 3 is 2.50 bits per heavy atom. The fourth-order valence-corrected chi connectivity index (χ4v) is 3.98. The van der Waals surface area contributed by atoms with Crippen LogP contribution in [0.15, 0.2) is 48.5 Å². The van der Waals surface area contributed by atoms with Crippen molar-refractivity contribution in [3.63, 3.8) is 0 Å². The number of benzene rings is 2. The minimum Gasteiger partial charge on any atom is -0.506 e. The van der Waals surface area contributed by atoms with Crippen LogP contribution in [0.1, 0.15) is 6.92 Å². The lowest BCUT2D eigenvalue weighted by atomic mass is 10.2. The van der Waals surface area contributed by atoms with Crippen LogP contribution < -0.4 is 14.4 Å². The lowest BCUT2D eigenvalue weighted by Crippen LogP contribution is -2.51. The fraction of sp³-hybridized carbons (Fsp3) is 0.435. The summed E-state index contributed by atoms with van der Waals surface area (Å²) in [5.41, 5.74) is 0.855. The molecule has 0 bridgehead atoms. The van der Waals surface area contributed by atoms with Gasteiger partial charge in [-0.15, -0.1) is 0 Å². The normalized spacial score (nSPS) is 18.8. The number of ether oxygens (including phenoxy) is 2. The average Bonchev–Trinajstić information content (AvgIpc) is 2.78. The minimum atomic E-state index is -0.165. The molecule has 1 saturated heterocycles. The van der Waals surface area contributed by atoms with Gasteiger partial charge in [-0.1, -0.05) is 24.3 Å². The van der Waals surface area contributed by atoms with Crippen molar-refractivity contribution in [2.75, 3.05) is 57.3 Å². The molecule has 160 valence electrons. The number of nitrogens with zero attached hydrogens (tertiary/aromatic N) is 3. The molecule has 2 aliphatic rings. The topological polar surface area (TPSA) is 65.5 Å². The highest BCUT2D eigenvalue weighted by molar-refractivity contribution is 5.78. The number of carbonyl (C=O) groups excluding carboxylic acids is 1. The number of hydrogen-bond acceptors (Lipinski definition) is 6. The molecule has 7 heteroatoms. The number of anilines is 1. The van der Waals surface area contributed by atoms with Gasteiger partial charge in [0, 0.05) is 32.7 Å². The van der Waals surface area contributed by atoms with Crippen molar-refractivity contribution in [3.8, 4) is 17.2 Å². The summed E-state index contributed by atoms with van der Waals surface area (Å²) in [7, 11) is 0. The Balaban J connectivity index is 1.27. The van der Waals surface area contributed by atoms with Gasteiger partial charge < -0.3 is 24.4 Å². The van der Waals surface area contributed by atoms with E-state index in [1.807, 2.05) is 54.3 Å². The predicted molar refractivity (Wildman–Crippen MR) is 115 cm³/mol. The van der Waals surface area contributed by atoms with Gasteiger partial charge >= 0.3 is 0 Å². The number of hydrogen-bond donors (Lipinski definition) is 1. The molecule has 1 amide bonds. The van der Waals surface area contributed by atoms with Gasteiger partial charge in [0.25, 0.3) is 0 Å². The van der Waals surface area contributed by atoms with Crippen molar-refractivity contribution in [1.82, 2.24) is 9.80 Å². The highest BCUT2D eigenvalue weighted by Gasteiger charge is 2.27. The highest BCUT2D eigenvalue weighted by Crippen LogP contribution is 2.31. The number of para-hydroxylation sites is 4. The van der Waals surface area contributed by atoms with E-state index in [0.717, 1.165) is 43.4 Å². The molecule has 1 N–H and O–H groups in total. The Bertz CT molecular complexity index is 867. The van der Waals surface area contributed by atoms with Gasteiger partial charge in [-0.05, 0) is 31.2 Å². The maximum Gasteiger partial charge on any atom is 0.236 e. The van der Waals surface area contributed by atoms with Crippen LogP contribution in [0.4, 0.5) is 5.69 Å². The summed E-state index contributed by atoms with van der Waals surface area (Å²) in [5, 5.41) is 10.1. The van der Waals surface area contributed by atoms with E-state index >= 15 is 0 Å². The van der Waals surface area contributed by atoms with Gasteiger partial charge in [-0.2, -0.15) is 0 Å². The van der Waals surface area contributed by atoms with E-state index in [0.29, 0.717) is 32.0 Å². The van der Waals surface area contributed by atoms with E-state index in [9.17, 15) is 9.90 Å². The zero-order valence-electron chi connectivity index (χ0n) is 17.4. The summed E-state index contributed by atoms with van der Waals surface area (Å²) in [6.45, 7) is 7.13. The molecule has 0 saturated carbocycles. The number of amides is 1. The van der Waals surface area contributed by atoms with Gasteiger partial charge in [0.1, 0.15) is 12.4 Å². The van der Waals surface area contributed by atoms with Crippen LogP contribution in [0.25, 0.3) is 0 Å². The number of aromatic hydroxyl groups is 1. The first kappa shape index (κ1) is 20.3. The molecule has 30 heavy (non-hydrogen) atoms. The molecule has 0 aliphatic carbocycles. The Morgan fingerprint density at radius 1 is 1.07 bits per heavy atom. The molecule has 2 aromatic carbocycles.